The van der Waals surface area contributed by atoms with Gasteiger partial charge in [0.05, 0.1) is 13.2 Å². The van der Waals surface area contributed by atoms with E-state index < -0.39 is 17.9 Å². The van der Waals surface area contributed by atoms with Gasteiger partial charge in [-0.15, -0.1) is 0 Å². The molecule has 238 valence electrons. The van der Waals surface area contributed by atoms with Crippen LogP contribution in [0, 0.1) is 11.8 Å². The monoisotopic (exact) mass is 615 g/mol. The summed E-state index contributed by atoms with van der Waals surface area (Å²) >= 11 is 0. The number of benzene rings is 2. The lowest BCUT2D eigenvalue weighted by molar-refractivity contribution is -0.158. The highest BCUT2D eigenvalue weighted by molar-refractivity contribution is 6.33. The molecule has 1 saturated carbocycles. The molecule has 6 rings (SSSR count). The molecule has 11 nitrogen and oxygen atoms in total. The number of fused-ring (bicyclic) bond motifs is 1. The average Bonchev–Trinajstić information content (AvgIpc) is 3.86. The lowest BCUT2D eigenvalue weighted by Crippen LogP contribution is -2.48. The number of rotatable bonds is 8. The third kappa shape index (κ3) is 7.08. The quantitative estimate of drug-likeness (QED) is 0.291. The zero-order chi connectivity index (χ0) is 31.3. The number of carbonyl (C=O) groups excluding carboxylic acids is 4. The van der Waals surface area contributed by atoms with Crippen molar-refractivity contribution in [1.29, 1.82) is 0 Å². The molecule has 3 atom stereocenters. The molecule has 3 fully saturated rings. The number of amides is 4. The maximum absolute atomic E-state index is 13.2. The number of esters is 1. The van der Waals surface area contributed by atoms with Crippen LogP contribution in [0.25, 0.3) is 0 Å². The Morgan fingerprint density at radius 3 is 2.27 bits per heavy atom. The summed E-state index contributed by atoms with van der Waals surface area (Å²) in [5.74, 6) is -0.783. The van der Waals surface area contributed by atoms with Crippen molar-refractivity contribution in [2.45, 2.75) is 63.5 Å². The average molecular weight is 616 g/mol. The normalized spacial score (nSPS) is 22.5. The molecule has 0 aromatic heterocycles. The summed E-state index contributed by atoms with van der Waals surface area (Å²) in [5, 5.41) is 8.78. The van der Waals surface area contributed by atoms with E-state index in [0.717, 1.165) is 62.3 Å². The highest BCUT2D eigenvalue weighted by atomic mass is 16.5. The van der Waals surface area contributed by atoms with Gasteiger partial charge in [0.15, 0.2) is 0 Å². The van der Waals surface area contributed by atoms with Gasteiger partial charge in [0.25, 0.3) is 0 Å². The lowest BCUT2D eigenvalue weighted by atomic mass is 10.0. The highest BCUT2D eigenvalue weighted by Crippen LogP contribution is 2.41. The van der Waals surface area contributed by atoms with Gasteiger partial charge in [-0.1, -0.05) is 6.08 Å². The highest BCUT2D eigenvalue weighted by Gasteiger charge is 2.46. The van der Waals surface area contributed by atoms with Crippen molar-refractivity contribution in [3.63, 3.8) is 0 Å². The Bertz CT molecular complexity index is 1440. The Morgan fingerprint density at radius 1 is 0.889 bits per heavy atom. The topological polar surface area (TPSA) is 129 Å². The summed E-state index contributed by atoms with van der Waals surface area (Å²) in [6, 6.07) is 14.1. The minimum atomic E-state index is -0.954. The molecule has 2 aromatic carbocycles. The number of hydrogen-bond acceptors (Lipinski definition) is 7. The molecule has 4 aliphatic rings. The van der Waals surface area contributed by atoms with Crippen LogP contribution in [0.1, 0.15) is 51.4 Å². The molecule has 2 aliphatic carbocycles. The molecule has 4 amide bonds. The number of methoxy groups -OCH3 is 1. The molecule has 0 radical (unpaired) electrons. The van der Waals surface area contributed by atoms with E-state index in [0.29, 0.717) is 30.4 Å². The number of allylic oxidation sites excluding steroid dienone is 2. The van der Waals surface area contributed by atoms with Crippen molar-refractivity contribution in [2.24, 2.45) is 11.8 Å². The zero-order valence-electron chi connectivity index (χ0n) is 25.6. The predicted octanol–water partition coefficient (Wildman–Crippen LogP) is 4.66. The predicted molar refractivity (Wildman–Crippen MR) is 170 cm³/mol. The van der Waals surface area contributed by atoms with E-state index in [1.54, 1.807) is 0 Å². The fraction of sp³-hybridized carbons (Fsp3) is 0.471. The van der Waals surface area contributed by atoms with Gasteiger partial charge in [-0.2, -0.15) is 0 Å². The Labute approximate surface area is 263 Å². The smallest absolute Gasteiger partial charge is 0.397 e. The SMILES string of the molecule is COC(=O)C(=O)N1C2=CCC[C@H]2CC1C(=O)NCC1CCN(c2ccc(NC(=O)Nc3ccc(OC4CCCC4)cc3)cc2)C1. The van der Waals surface area contributed by atoms with Crippen molar-refractivity contribution in [3.8, 4) is 5.75 Å². The van der Waals surface area contributed by atoms with Gasteiger partial charge in [-0.05, 0) is 106 Å². The number of ether oxygens (including phenoxy) is 2. The Hall–Kier alpha value is -4.54. The fourth-order valence-corrected chi connectivity index (χ4v) is 6.97. The first kappa shape index (κ1) is 30.5. The van der Waals surface area contributed by atoms with Gasteiger partial charge < -0.3 is 30.3 Å². The summed E-state index contributed by atoms with van der Waals surface area (Å²) < 4.78 is 10.6. The first-order valence-electron chi connectivity index (χ1n) is 16.0. The number of likely N-dealkylation sites (tertiary alicyclic amines) is 1. The Morgan fingerprint density at radius 2 is 1.58 bits per heavy atom. The van der Waals surface area contributed by atoms with E-state index in [1.165, 1.54) is 24.9 Å². The van der Waals surface area contributed by atoms with Gasteiger partial charge in [0.2, 0.25) is 5.91 Å². The van der Waals surface area contributed by atoms with Crippen molar-refractivity contribution in [1.82, 2.24) is 10.2 Å². The third-order valence-corrected chi connectivity index (χ3v) is 9.32. The molecular weight excluding hydrogens is 574 g/mol. The standard InChI is InChI=1S/C34H41N5O6/c1-44-33(42)32(41)39-29-8-4-5-23(29)19-30(39)31(40)35-20-22-17-18-38(21-22)26-13-9-24(10-14-26)36-34(43)37-25-11-15-28(16-12-25)45-27-6-2-3-7-27/h8-16,22-23,27,30H,2-7,17-21H2,1H3,(H,35,40)(H2,36,37,43)/t22?,23-,30?/m0/s1. The summed E-state index contributed by atoms with van der Waals surface area (Å²) in [4.78, 5) is 54.1. The van der Waals surface area contributed by atoms with Crippen molar-refractivity contribution in [3.05, 3.63) is 60.3 Å². The second kappa shape index (κ2) is 13.6. The molecule has 2 unspecified atom stereocenters. The maximum Gasteiger partial charge on any atom is 0.397 e. The molecule has 11 heteroatoms. The van der Waals surface area contributed by atoms with Crippen LogP contribution in [0.15, 0.2) is 60.3 Å². The first-order chi connectivity index (χ1) is 21.9. The van der Waals surface area contributed by atoms with E-state index in [2.05, 4.69) is 25.6 Å². The number of carbonyl (C=O) groups is 4. The van der Waals surface area contributed by atoms with Crippen LogP contribution in [0.4, 0.5) is 21.9 Å². The molecule has 45 heavy (non-hydrogen) atoms. The lowest BCUT2D eigenvalue weighted by Gasteiger charge is -2.24. The van der Waals surface area contributed by atoms with E-state index >= 15 is 0 Å². The van der Waals surface area contributed by atoms with Gasteiger partial charge in [-0.25, -0.2) is 9.59 Å². The zero-order valence-corrected chi connectivity index (χ0v) is 25.6. The van der Waals surface area contributed by atoms with Gasteiger partial charge in [-0.3, -0.25) is 14.5 Å². The van der Waals surface area contributed by atoms with Crippen molar-refractivity contribution in [2.75, 3.05) is 42.3 Å². The molecule has 0 spiro atoms. The Balaban J connectivity index is 0.954. The van der Waals surface area contributed by atoms with E-state index in [9.17, 15) is 19.2 Å². The van der Waals surface area contributed by atoms with Crippen LogP contribution in [0.2, 0.25) is 0 Å². The van der Waals surface area contributed by atoms with E-state index in [-0.39, 0.29) is 23.8 Å². The van der Waals surface area contributed by atoms with Gasteiger partial charge in [0.1, 0.15) is 11.8 Å². The fourth-order valence-electron chi connectivity index (χ4n) is 6.97. The number of hydrogen-bond donors (Lipinski definition) is 3. The number of urea groups is 1. The maximum atomic E-state index is 13.2. The molecule has 2 aromatic rings. The minimum absolute atomic E-state index is 0.118. The van der Waals surface area contributed by atoms with Crippen LogP contribution in [-0.2, 0) is 19.1 Å². The van der Waals surface area contributed by atoms with Crippen LogP contribution >= 0.6 is 0 Å². The van der Waals surface area contributed by atoms with Gasteiger partial charge >= 0.3 is 17.9 Å². The second-order valence-electron chi connectivity index (χ2n) is 12.3. The molecule has 2 aliphatic heterocycles. The summed E-state index contributed by atoms with van der Waals surface area (Å²) in [7, 11) is 1.17. The Kier molecular flexibility index (Phi) is 9.23. The van der Waals surface area contributed by atoms with Crippen LogP contribution in [0.5, 0.6) is 5.75 Å². The molecule has 2 heterocycles. The number of anilines is 3. The first-order valence-corrected chi connectivity index (χ1v) is 16.0. The second-order valence-corrected chi connectivity index (χ2v) is 12.3. The van der Waals surface area contributed by atoms with Crippen LogP contribution in [0.3, 0.4) is 0 Å². The molecule has 0 bridgehead atoms. The third-order valence-electron chi connectivity index (χ3n) is 9.32. The number of nitrogens with one attached hydrogen (secondary N) is 3. The van der Waals surface area contributed by atoms with Crippen molar-refractivity contribution >= 4 is 40.9 Å². The number of nitrogens with zero attached hydrogens (tertiary/aromatic N) is 2. The van der Waals surface area contributed by atoms with E-state index in [4.69, 9.17) is 4.74 Å². The molecular formula is C34H41N5O6. The largest absolute Gasteiger partial charge is 0.490 e. The van der Waals surface area contributed by atoms with Gasteiger partial charge in [0, 0.05) is 48.3 Å². The molecule has 3 N–H and O–H groups in total. The summed E-state index contributed by atoms with van der Waals surface area (Å²) in [5.41, 5.74) is 3.18. The summed E-state index contributed by atoms with van der Waals surface area (Å²) in [6.45, 7) is 2.11. The van der Waals surface area contributed by atoms with Crippen LogP contribution in [-0.4, -0.2) is 67.6 Å². The van der Waals surface area contributed by atoms with Crippen LogP contribution < -0.4 is 25.6 Å². The van der Waals surface area contributed by atoms with E-state index in [1.807, 2.05) is 54.6 Å². The summed E-state index contributed by atoms with van der Waals surface area (Å²) in [6.07, 6.45) is 10.0. The minimum Gasteiger partial charge on any atom is -0.490 e. The van der Waals surface area contributed by atoms with Crippen molar-refractivity contribution < 1.29 is 28.7 Å². The molecule has 2 saturated heterocycles.